The predicted octanol–water partition coefficient (Wildman–Crippen LogP) is 3.52. The zero-order chi connectivity index (χ0) is 18.6. The van der Waals surface area contributed by atoms with Gasteiger partial charge in [0.1, 0.15) is 5.82 Å². The van der Waals surface area contributed by atoms with Crippen molar-refractivity contribution in [2.24, 2.45) is 17.8 Å². The molecule has 1 saturated carbocycles. The SMILES string of the molecule is C=C(/C=C/F)c1ccc(N[C@H]2C[C@@H]3CN(CC4CCOCC4)C[C@@H]3C2)nn1. The number of anilines is 1. The van der Waals surface area contributed by atoms with Gasteiger partial charge >= 0.3 is 0 Å². The molecule has 0 unspecified atom stereocenters. The first kappa shape index (κ1) is 18.6. The van der Waals surface area contributed by atoms with E-state index in [2.05, 4.69) is 27.0 Å². The maximum Gasteiger partial charge on any atom is 0.148 e. The summed E-state index contributed by atoms with van der Waals surface area (Å²) in [6, 6.07) is 4.22. The highest BCUT2D eigenvalue weighted by Gasteiger charge is 2.41. The predicted molar refractivity (Wildman–Crippen MR) is 105 cm³/mol. The van der Waals surface area contributed by atoms with Gasteiger partial charge in [0.15, 0.2) is 0 Å². The molecule has 0 amide bonds. The fourth-order valence-corrected chi connectivity index (χ4v) is 4.91. The highest BCUT2D eigenvalue weighted by Crippen LogP contribution is 2.39. The first-order valence-electron chi connectivity index (χ1n) is 10.1. The summed E-state index contributed by atoms with van der Waals surface area (Å²) in [4.78, 5) is 2.68. The van der Waals surface area contributed by atoms with E-state index in [1.54, 1.807) is 0 Å². The van der Waals surface area contributed by atoms with Crippen molar-refractivity contribution in [3.05, 3.63) is 36.8 Å². The summed E-state index contributed by atoms with van der Waals surface area (Å²) in [5.74, 6) is 3.20. The second-order valence-electron chi connectivity index (χ2n) is 8.23. The number of rotatable bonds is 6. The van der Waals surface area contributed by atoms with Gasteiger partial charge in [-0.3, -0.25) is 0 Å². The normalized spacial score (nSPS) is 29.3. The van der Waals surface area contributed by atoms with Crippen LogP contribution in [0.3, 0.4) is 0 Å². The van der Waals surface area contributed by atoms with Crippen LogP contribution in [0.15, 0.2) is 31.1 Å². The van der Waals surface area contributed by atoms with Crippen LogP contribution in [0.1, 0.15) is 31.4 Å². The summed E-state index contributed by atoms with van der Waals surface area (Å²) in [5.41, 5.74) is 1.12. The molecule has 146 valence electrons. The minimum absolute atomic E-state index is 0.471. The van der Waals surface area contributed by atoms with Gasteiger partial charge in [-0.05, 0) is 67.2 Å². The van der Waals surface area contributed by atoms with Gasteiger partial charge in [-0.25, -0.2) is 4.39 Å². The highest BCUT2D eigenvalue weighted by atomic mass is 19.1. The number of fused-ring (bicyclic) bond motifs is 1. The summed E-state index contributed by atoms with van der Waals surface area (Å²) in [6.45, 7) is 9.37. The third-order valence-corrected chi connectivity index (χ3v) is 6.29. The molecule has 0 radical (unpaired) electrons. The fraction of sp³-hybridized carbons (Fsp3) is 0.619. The summed E-state index contributed by atoms with van der Waals surface area (Å²) in [5, 5.41) is 11.9. The molecule has 3 aliphatic rings. The molecule has 0 spiro atoms. The van der Waals surface area contributed by atoms with E-state index < -0.39 is 0 Å². The van der Waals surface area contributed by atoms with Crippen LogP contribution >= 0.6 is 0 Å². The molecule has 3 fully saturated rings. The number of ether oxygens (including phenoxy) is 1. The van der Waals surface area contributed by atoms with Gasteiger partial charge in [0.25, 0.3) is 0 Å². The molecule has 1 aromatic rings. The molecule has 1 aromatic heterocycles. The lowest BCUT2D eigenvalue weighted by atomic mass is 10.00. The maximum atomic E-state index is 12.2. The molecule has 27 heavy (non-hydrogen) atoms. The molecule has 1 N–H and O–H groups in total. The van der Waals surface area contributed by atoms with Crippen LogP contribution < -0.4 is 5.32 Å². The highest BCUT2D eigenvalue weighted by molar-refractivity contribution is 5.69. The summed E-state index contributed by atoms with van der Waals surface area (Å²) >= 11 is 0. The number of aromatic nitrogens is 2. The van der Waals surface area contributed by atoms with Crippen LogP contribution in [-0.2, 0) is 4.74 Å². The van der Waals surface area contributed by atoms with E-state index in [1.165, 1.54) is 51.4 Å². The molecule has 6 heteroatoms. The molecule has 3 atom stereocenters. The molecular formula is C21H29FN4O. The average molecular weight is 372 g/mol. The number of allylic oxidation sites excluding steroid dienone is 2. The smallest absolute Gasteiger partial charge is 0.148 e. The molecule has 2 aliphatic heterocycles. The average Bonchev–Trinajstić information content (AvgIpc) is 3.21. The van der Waals surface area contributed by atoms with Gasteiger partial charge in [0.05, 0.1) is 12.0 Å². The number of hydrogen-bond donors (Lipinski definition) is 1. The first-order valence-corrected chi connectivity index (χ1v) is 10.1. The van der Waals surface area contributed by atoms with Crippen molar-refractivity contribution >= 4 is 11.4 Å². The van der Waals surface area contributed by atoms with E-state index in [1.807, 2.05) is 12.1 Å². The Bertz CT molecular complexity index is 657. The first-order chi connectivity index (χ1) is 13.2. The van der Waals surface area contributed by atoms with Crippen molar-refractivity contribution in [2.45, 2.75) is 31.7 Å². The second-order valence-corrected chi connectivity index (χ2v) is 8.23. The largest absolute Gasteiger partial charge is 0.381 e. The lowest BCUT2D eigenvalue weighted by molar-refractivity contribution is 0.0545. The van der Waals surface area contributed by atoms with Crippen molar-refractivity contribution in [2.75, 3.05) is 38.2 Å². The lowest BCUT2D eigenvalue weighted by Crippen LogP contribution is -2.32. The third-order valence-electron chi connectivity index (χ3n) is 6.29. The van der Waals surface area contributed by atoms with Crippen molar-refractivity contribution in [3.63, 3.8) is 0 Å². The Balaban J connectivity index is 1.25. The van der Waals surface area contributed by atoms with Crippen LogP contribution in [0.5, 0.6) is 0 Å². The van der Waals surface area contributed by atoms with Crippen LogP contribution in [-0.4, -0.2) is 54.0 Å². The van der Waals surface area contributed by atoms with E-state index >= 15 is 0 Å². The van der Waals surface area contributed by atoms with Crippen molar-refractivity contribution in [1.29, 1.82) is 0 Å². The number of halogens is 1. The molecule has 2 saturated heterocycles. The maximum absolute atomic E-state index is 12.2. The number of hydrogen-bond acceptors (Lipinski definition) is 5. The number of nitrogens with zero attached hydrogens (tertiary/aromatic N) is 3. The van der Waals surface area contributed by atoms with Gasteiger partial charge < -0.3 is 15.0 Å². The van der Waals surface area contributed by atoms with Gasteiger partial charge in [0, 0.05) is 38.9 Å². The Labute approximate surface area is 160 Å². The molecule has 0 bridgehead atoms. The van der Waals surface area contributed by atoms with Gasteiger partial charge in [-0.2, -0.15) is 0 Å². The molecule has 3 heterocycles. The Hall–Kier alpha value is -1.79. The molecule has 0 aromatic carbocycles. The second kappa shape index (κ2) is 8.48. The molecule has 1 aliphatic carbocycles. The van der Waals surface area contributed by atoms with E-state index in [4.69, 9.17) is 4.74 Å². The van der Waals surface area contributed by atoms with Crippen LogP contribution in [0.2, 0.25) is 0 Å². The topological polar surface area (TPSA) is 50.3 Å². The Morgan fingerprint density at radius 2 is 1.96 bits per heavy atom. The van der Waals surface area contributed by atoms with E-state index in [0.29, 0.717) is 23.6 Å². The van der Waals surface area contributed by atoms with E-state index in [9.17, 15) is 4.39 Å². The summed E-state index contributed by atoms with van der Waals surface area (Å²) in [6.07, 6.45) is 6.61. The summed E-state index contributed by atoms with van der Waals surface area (Å²) < 4.78 is 17.7. The number of likely N-dealkylation sites (tertiary alicyclic amines) is 1. The van der Waals surface area contributed by atoms with Crippen LogP contribution in [0, 0.1) is 17.8 Å². The van der Waals surface area contributed by atoms with Crippen molar-refractivity contribution < 1.29 is 9.13 Å². The van der Waals surface area contributed by atoms with Gasteiger partial charge in [-0.1, -0.05) is 6.58 Å². The van der Waals surface area contributed by atoms with Crippen LogP contribution in [0.25, 0.3) is 5.57 Å². The Morgan fingerprint density at radius 1 is 1.22 bits per heavy atom. The van der Waals surface area contributed by atoms with Gasteiger partial charge in [-0.15, -0.1) is 10.2 Å². The third kappa shape index (κ3) is 4.55. The van der Waals surface area contributed by atoms with Crippen molar-refractivity contribution in [3.8, 4) is 0 Å². The Morgan fingerprint density at radius 3 is 2.59 bits per heavy atom. The van der Waals surface area contributed by atoms with E-state index in [0.717, 1.165) is 36.8 Å². The zero-order valence-electron chi connectivity index (χ0n) is 15.8. The lowest BCUT2D eigenvalue weighted by Gasteiger charge is -2.27. The summed E-state index contributed by atoms with van der Waals surface area (Å²) in [7, 11) is 0. The van der Waals surface area contributed by atoms with Crippen molar-refractivity contribution in [1.82, 2.24) is 15.1 Å². The zero-order valence-corrected chi connectivity index (χ0v) is 15.8. The quantitative estimate of drug-likeness (QED) is 0.775. The monoisotopic (exact) mass is 372 g/mol. The fourth-order valence-electron chi connectivity index (χ4n) is 4.91. The standard InChI is InChI=1S/C21H29FN4O/c1-15(4-7-22)20-2-3-21(25-24-20)23-19-10-17-13-26(14-18(17)11-19)12-16-5-8-27-9-6-16/h2-4,7,16-19H,1,5-6,8-14H2,(H,23,25)/b7-4+/t17-,18+,19+. The Kier molecular flexibility index (Phi) is 5.83. The van der Waals surface area contributed by atoms with Gasteiger partial charge in [0.2, 0.25) is 0 Å². The van der Waals surface area contributed by atoms with E-state index in [-0.39, 0.29) is 0 Å². The molecule has 4 rings (SSSR count). The minimum atomic E-state index is 0.471. The van der Waals surface area contributed by atoms with Crippen LogP contribution in [0.4, 0.5) is 10.2 Å². The molecular weight excluding hydrogens is 343 g/mol. The minimum Gasteiger partial charge on any atom is -0.381 e. The molecule has 5 nitrogen and oxygen atoms in total. The number of nitrogens with one attached hydrogen (secondary N) is 1.